The molecule has 0 radical (unpaired) electrons. The van der Waals surface area contributed by atoms with Crippen molar-refractivity contribution >= 4 is 22.9 Å². The Hall–Kier alpha value is -2.77. The van der Waals surface area contributed by atoms with Crippen LogP contribution in [0.2, 0.25) is 0 Å². The summed E-state index contributed by atoms with van der Waals surface area (Å²) in [4.78, 5) is 43.8. The van der Waals surface area contributed by atoms with Gasteiger partial charge in [-0.15, -0.1) is 0 Å². The normalized spacial score (nSPS) is 15.6. The van der Waals surface area contributed by atoms with Crippen molar-refractivity contribution in [1.29, 1.82) is 0 Å². The first kappa shape index (κ1) is 21.0. The molecule has 1 aliphatic rings. The number of piperidine rings is 1. The summed E-state index contributed by atoms with van der Waals surface area (Å²) < 4.78 is 6.87. The summed E-state index contributed by atoms with van der Waals surface area (Å²) >= 11 is 0. The second-order valence-corrected chi connectivity index (χ2v) is 8.82. The molecule has 1 saturated heterocycles. The van der Waals surface area contributed by atoms with Gasteiger partial charge in [-0.25, -0.2) is 4.79 Å². The lowest BCUT2D eigenvalue weighted by atomic mass is 9.96. The van der Waals surface area contributed by atoms with Crippen LogP contribution in [0.25, 0.3) is 10.9 Å². The third-order valence-corrected chi connectivity index (χ3v) is 5.27. The fourth-order valence-corrected chi connectivity index (χ4v) is 3.74. The van der Waals surface area contributed by atoms with E-state index in [0.29, 0.717) is 42.0 Å². The lowest BCUT2D eigenvalue weighted by molar-refractivity contribution is 0.0171. The molecular formula is C21H30N4O4. The van der Waals surface area contributed by atoms with Crippen molar-refractivity contribution in [3.8, 4) is 0 Å². The number of H-pyrrole nitrogens is 1. The van der Waals surface area contributed by atoms with Crippen LogP contribution in [0.1, 0.15) is 44.0 Å². The molecule has 2 aromatic rings. The minimum atomic E-state index is -0.500. The molecule has 0 bridgehead atoms. The van der Waals surface area contributed by atoms with Gasteiger partial charge in [0.25, 0.3) is 11.5 Å². The van der Waals surface area contributed by atoms with E-state index in [1.54, 1.807) is 42.4 Å². The van der Waals surface area contributed by atoms with Crippen LogP contribution >= 0.6 is 0 Å². The Labute approximate surface area is 170 Å². The number of likely N-dealkylation sites (tertiary alicyclic amines) is 1. The largest absolute Gasteiger partial charge is 0.444 e. The Kier molecular flexibility index (Phi) is 5.73. The van der Waals surface area contributed by atoms with E-state index in [0.717, 1.165) is 12.8 Å². The molecule has 0 aromatic carbocycles. The second kappa shape index (κ2) is 7.93. The molecule has 3 heterocycles. The summed E-state index contributed by atoms with van der Waals surface area (Å²) in [7, 11) is 3.43. The van der Waals surface area contributed by atoms with Crippen molar-refractivity contribution < 1.29 is 14.3 Å². The summed E-state index contributed by atoms with van der Waals surface area (Å²) in [5, 5.41) is 0.643. The van der Waals surface area contributed by atoms with E-state index in [9.17, 15) is 14.4 Å². The highest BCUT2D eigenvalue weighted by Gasteiger charge is 2.28. The highest BCUT2D eigenvalue weighted by Crippen LogP contribution is 2.22. The molecule has 2 amide bonds. The van der Waals surface area contributed by atoms with Crippen LogP contribution in [0.4, 0.5) is 4.79 Å². The van der Waals surface area contributed by atoms with Gasteiger partial charge in [0.05, 0.1) is 5.56 Å². The van der Waals surface area contributed by atoms with Crippen LogP contribution in [0.15, 0.2) is 23.3 Å². The smallest absolute Gasteiger partial charge is 0.410 e. The van der Waals surface area contributed by atoms with Crippen molar-refractivity contribution in [2.24, 2.45) is 13.0 Å². The summed E-state index contributed by atoms with van der Waals surface area (Å²) in [6.45, 7) is 7.44. The number of hydrogen-bond donors (Lipinski definition) is 1. The highest BCUT2D eigenvalue weighted by atomic mass is 16.6. The predicted octanol–water partition coefficient (Wildman–Crippen LogP) is 2.59. The quantitative estimate of drug-likeness (QED) is 0.855. The molecule has 0 atom stereocenters. The van der Waals surface area contributed by atoms with Crippen LogP contribution in [-0.4, -0.2) is 63.6 Å². The first-order chi connectivity index (χ1) is 13.6. The van der Waals surface area contributed by atoms with E-state index in [2.05, 4.69) is 4.98 Å². The van der Waals surface area contributed by atoms with Crippen LogP contribution < -0.4 is 5.56 Å². The molecule has 1 aliphatic heterocycles. The number of aromatic nitrogens is 2. The summed E-state index contributed by atoms with van der Waals surface area (Å²) in [5.41, 5.74) is 0.299. The summed E-state index contributed by atoms with van der Waals surface area (Å²) in [6, 6.07) is 1.76. The molecule has 2 aromatic heterocycles. The number of hydrogen-bond acceptors (Lipinski definition) is 4. The number of pyridine rings is 1. The SMILES string of the molecule is CN(CC1CCN(C(=O)OC(C)(C)C)CC1)C(=O)c1cn(C)c(=O)c2[nH]ccc12. The molecule has 29 heavy (non-hydrogen) atoms. The van der Waals surface area contributed by atoms with Crippen molar-refractivity contribution in [2.75, 3.05) is 26.7 Å². The third-order valence-electron chi connectivity index (χ3n) is 5.27. The third kappa shape index (κ3) is 4.63. The number of aromatic amines is 1. The molecule has 158 valence electrons. The number of aryl methyl sites for hydroxylation is 1. The molecule has 1 fully saturated rings. The minimum Gasteiger partial charge on any atom is -0.444 e. The average Bonchev–Trinajstić information content (AvgIpc) is 3.13. The first-order valence-corrected chi connectivity index (χ1v) is 9.97. The second-order valence-electron chi connectivity index (χ2n) is 8.82. The number of fused-ring (bicyclic) bond motifs is 1. The van der Waals surface area contributed by atoms with E-state index in [4.69, 9.17) is 4.74 Å². The van der Waals surface area contributed by atoms with E-state index in [1.165, 1.54) is 4.57 Å². The Morgan fingerprint density at radius 3 is 2.55 bits per heavy atom. The van der Waals surface area contributed by atoms with Gasteiger partial charge in [0.15, 0.2) is 0 Å². The van der Waals surface area contributed by atoms with Crippen LogP contribution in [0.5, 0.6) is 0 Å². The molecule has 1 N–H and O–H groups in total. The molecule has 0 spiro atoms. The van der Waals surface area contributed by atoms with Crippen molar-refractivity contribution in [1.82, 2.24) is 19.4 Å². The van der Waals surface area contributed by atoms with Crippen molar-refractivity contribution in [3.05, 3.63) is 34.4 Å². The number of ether oxygens (including phenoxy) is 1. The van der Waals surface area contributed by atoms with Gasteiger partial charge in [0, 0.05) is 51.5 Å². The van der Waals surface area contributed by atoms with Gasteiger partial charge < -0.3 is 24.1 Å². The zero-order chi connectivity index (χ0) is 21.3. The fraction of sp³-hybridized carbons (Fsp3) is 0.571. The van der Waals surface area contributed by atoms with Gasteiger partial charge in [-0.05, 0) is 45.6 Å². The topological polar surface area (TPSA) is 87.6 Å². The Morgan fingerprint density at radius 2 is 1.93 bits per heavy atom. The van der Waals surface area contributed by atoms with E-state index in [1.807, 2.05) is 20.8 Å². The number of nitrogens with zero attached hydrogens (tertiary/aromatic N) is 3. The first-order valence-electron chi connectivity index (χ1n) is 9.97. The molecule has 0 unspecified atom stereocenters. The molecule has 8 nitrogen and oxygen atoms in total. The number of nitrogens with one attached hydrogen (secondary N) is 1. The minimum absolute atomic E-state index is 0.111. The molecular weight excluding hydrogens is 372 g/mol. The lowest BCUT2D eigenvalue weighted by Gasteiger charge is -2.34. The maximum absolute atomic E-state index is 13.0. The number of carbonyl (C=O) groups is 2. The fourth-order valence-electron chi connectivity index (χ4n) is 3.74. The van der Waals surface area contributed by atoms with Crippen LogP contribution in [0, 0.1) is 5.92 Å². The van der Waals surface area contributed by atoms with E-state index < -0.39 is 5.60 Å². The van der Waals surface area contributed by atoms with E-state index in [-0.39, 0.29) is 17.6 Å². The molecule has 3 rings (SSSR count). The zero-order valence-corrected chi connectivity index (χ0v) is 17.8. The van der Waals surface area contributed by atoms with Gasteiger partial charge in [-0.3, -0.25) is 9.59 Å². The van der Waals surface area contributed by atoms with Gasteiger partial charge >= 0.3 is 6.09 Å². The Balaban J connectivity index is 1.62. The molecule has 8 heteroatoms. The summed E-state index contributed by atoms with van der Waals surface area (Å²) in [5.74, 6) is 0.205. The molecule has 0 saturated carbocycles. The Morgan fingerprint density at radius 1 is 1.28 bits per heavy atom. The van der Waals surface area contributed by atoms with Gasteiger partial charge in [-0.1, -0.05) is 0 Å². The maximum atomic E-state index is 13.0. The number of carbonyl (C=O) groups excluding carboxylic acids is 2. The average molecular weight is 402 g/mol. The predicted molar refractivity (Wildman–Crippen MR) is 111 cm³/mol. The maximum Gasteiger partial charge on any atom is 0.410 e. The highest BCUT2D eigenvalue weighted by molar-refractivity contribution is 6.05. The zero-order valence-electron chi connectivity index (χ0n) is 17.8. The molecule has 0 aliphatic carbocycles. The number of amides is 2. The van der Waals surface area contributed by atoms with Crippen molar-refractivity contribution in [2.45, 2.75) is 39.2 Å². The van der Waals surface area contributed by atoms with Crippen LogP contribution in [-0.2, 0) is 11.8 Å². The van der Waals surface area contributed by atoms with Gasteiger partial charge in [-0.2, -0.15) is 0 Å². The van der Waals surface area contributed by atoms with Crippen molar-refractivity contribution in [3.63, 3.8) is 0 Å². The Bertz CT molecular complexity index is 961. The number of rotatable bonds is 3. The lowest BCUT2D eigenvalue weighted by Crippen LogP contribution is -2.44. The van der Waals surface area contributed by atoms with Gasteiger partial charge in [0.2, 0.25) is 0 Å². The monoisotopic (exact) mass is 402 g/mol. The van der Waals surface area contributed by atoms with Gasteiger partial charge in [0.1, 0.15) is 11.1 Å². The van der Waals surface area contributed by atoms with Crippen LogP contribution in [0.3, 0.4) is 0 Å². The standard InChI is InChI=1S/C21H30N4O4/c1-21(2,3)29-20(28)25-10-7-14(8-11-25)12-23(4)18(26)16-13-24(5)19(27)17-15(16)6-9-22-17/h6,9,13-14,22H,7-8,10-12H2,1-5H3. The summed E-state index contributed by atoms with van der Waals surface area (Å²) in [6.07, 6.45) is 4.64. The van der Waals surface area contributed by atoms with E-state index >= 15 is 0 Å².